The van der Waals surface area contributed by atoms with Gasteiger partial charge in [0.2, 0.25) is 0 Å². The monoisotopic (exact) mass is 408 g/mol. The maximum Gasteiger partial charge on any atom is 0.0995 e. The Bertz CT molecular complexity index is 296. The van der Waals surface area contributed by atoms with Crippen LogP contribution < -0.4 is 0 Å². The van der Waals surface area contributed by atoms with E-state index < -0.39 is 0 Å². The number of nitrogens with zero attached hydrogens (tertiary/aromatic N) is 2. The molecular weight excluding hydrogens is 352 g/mol. The van der Waals surface area contributed by atoms with Gasteiger partial charge in [-0.2, -0.15) is 0 Å². The Morgan fingerprint density at radius 1 is 0.448 bits per heavy atom. The van der Waals surface area contributed by atoms with E-state index >= 15 is 0 Å². The third kappa shape index (κ3) is 15.8. The fourth-order valence-electron chi connectivity index (χ4n) is 4.16. The zero-order valence-corrected chi connectivity index (χ0v) is 21.1. The first-order chi connectivity index (χ1) is 14.2. The Morgan fingerprint density at radius 3 is 0.931 bits per heavy atom. The molecule has 2 heteroatoms. The van der Waals surface area contributed by atoms with Crippen molar-refractivity contribution in [3.05, 3.63) is 11.9 Å². The molecule has 0 atom stereocenters. The summed E-state index contributed by atoms with van der Waals surface area (Å²) in [4.78, 5) is 5.48. The molecule has 174 valence electrons. The SMILES string of the molecule is CC=C(N(CCCCCC)CCCCCC)N(CCCCCC)CCCCCC. The summed E-state index contributed by atoms with van der Waals surface area (Å²) in [6.45, 7) is 16.5. The van der Waals surface area contributed by atoms with Crippen molar-refractivity contribution in [2.75, 3.05) is 26.2 Å². The Hall–Kier alpha value is -0.660. The molecule has 0 unspecified atom stereocenters. The van der Waals surface area contributed by atoms with Gasteiger partial charge in [0.25, 0.3) is 0 Å². The van der Waals surface area contributed by atoms with Crippen LogP contribution in [0.1, 0.15) is 137 Å². The van der Waals surface area contributed by atoms with Gasteiger partial charge in [0.15, 0.2) is 0 Å². The molecule has 0 aromatic rings. The van der Waals surface area contributed by atoms with Crippen molar-refractivity contribution in [1.29, 1.82) is 0 Å². The number of hydrogen-bond acceptors (Lipinski definition) is 2. The summed E-state index contributed by atoms with van der Waals surface area (Å²) < 4.78 is 0. The molecular formula is C27H56N2. The quantitative estimate of drug-likeness (QED) is 0.165. The third-order valence-electron chi connectivity index (χ3n) is 6.03. The van der Waals surface area contributed by atoms with Gasteiger partial charge in [0, 0.05) is 26.2 Å². The topological polar surface area (TPSA) is 6.48 Å². The third-order valence-corrected chi connectivity index (χ3v) is 6.03. The fraction of sp³-hybridized carbons (Fsp3) is 0.926. The molecule has 0 N–H and O–H groups in total. The summed E-state index contributed by atoms with van der Waals surface area (Å²) in [5.41, 5.74) is 0. The average Bonchev–Trinajstić information content (AvgIpc) is 2.73. The van der Waals surface area contributed by atoms with E-state index in [1.54, 1.807) is 0 Å². The van der Waals surface area contributed by atoms with Crippen molar-refractivity contribution in [3.63, 3.8) is 0 Å². The zero-order valence-electron chi connectivity index (χ0n) is 21.1. The Balaban J connectivity index is 4.96. The van der Waals surface area contributed by atoms with Crippen LogP contribution in [-0.2, 0) is 0 Å². The van der Waals surface area contributed by atoms with Crippen LogP contribution in [0.15, 0.2) is 11.9 Å². The average molecular weight is 409 g/mol. The minimum atomic E-state index is 1.24. The predicted octanol–water partition coefficient (Wildman–Crippen LogP) is 8.77. The summed E-state index contributed by atoms with van der Waals surface area (Å²) in [5.74, 6) is 1.53. The lowest BCUT2D eigenvalue weighted by Crippen LogP contribution is -2.38. The minimum absolute atomic E-state index is 1.24. The Kier molecular flexibility index (Phi) is 21.5. The van der Waals surface area contributed by atoms with E-state index in [2.05, 4.69) is 50.5 Å². The van der Waals surface area contributed by atoms with E-state index in [4.69, 9.17) is 0 Å². The van der Waals surface area contributed by atoms with Crippen molar-refractivity contribution in [3.8, 4) is 0 Å². The van der Waals surface area contributed by atoms with Gasteiger partial charge in [-0.1, -0.05) is 105 Å². The van der Waals surface area contributed by atoms with Gasteiger partial charge < -0.3 is 9.80 Å². The second-order valence-corrected chi connectivity index (χ2v) is 8.86. The standard InChI is InChI=1S/C27H56N2/c1-6-11-15-19-23-28(24-20-16-12-7-2)27(10-5)29(25-21-17-13-8-3)26-22-18-14-9-4/h10H,6-9,11-26H2,1-5H3. The highest BCUT2D eigenvalue weighted by Gasteiger charge is 2.15. The molecule has 29 heavy (non-hydrogen) atoms. The fourth-order valence-corrected chi connectivity index (χ4v) is 4.16. The van der Waals surface area contributed by atoms with Crippen LogP contribution in [0.5, 0.6) is 0 Å². The first-order valence-corrected chi connectivity index (χ1v) is 13.4. The Labute approximate surface area is 185 Å². The van der Waals surface area contributed by atoms with Crippen LogP contribution in [0.3, 0.4) is 0 Å². The molecule has 0 saturated heterocycles. The normalized spacial score (nSPS) is 10.9. The molecule has 0 rings (SSSR count). The van der Waals surface area contributed by atoms with E-state index in [1.165, 1.54) is 135 Å². The largest absolute Gasteiger partial charge is 0.359 e. The van der Waals surface area contributed by atoms with Crippen molar-refractivity contribution >= 4 is 0 Å². The lowest BCUT2D eigenvalue weighted by Gasteiger charge is -2.37. The van der Waals surface area contributed by atoms with E-state index in [-0.39, 0.29) is 0 Å². The van der Waals surface area contributed by atoms with Gasteiger partial charge in [-0.15, -0.1) is 0 Å². The molecule has 0 bridgehead atoms. The maximum absolute atomic E-state index is 2.74. The summed E-state index contributed by atoms with van der Waals surface area (Å²) in [6.07, 6.45) is 24.2. The van der Waals surface area contributed by atoms with Crippen molar-refractivity contribution in [2.24, 2.45) is 0 Å². The lowest BCUT2D eigenvalue weighted by atomic mass is 10.1. The molecule has 0 aliphatic rings. The number of hydrogen-bond donors (Lipinski definition) is 0. The lowest BCUT2D eigenvalue weighted by molar-refractivity contribution is 0.196. The predicted molar refractivity (Wildman–Crippen MR) is 133 cm³/mol. The van der Waals surface area contributed by atoms with Gasteiger partial charge in [-0.05, 0) is 38.7 Å². The molecule has 0 radical (unpaired) electrons. The molecule has 0 heterocycles. The molecule has 0 aliphatic carbocycles. The van der Waals surface area contributed by atoms with Crippen LogP contribution in [0.25, 0.3) is 0 Å². The molecule has 0 aromatic heterocycles. The molecule has 0 fully saturated rings. The molecule has 0 aliphatic heterocycles. The van der Waals surface area contributed by atoms with E-state index in [0.717, 1.165) is 0 Å². The summed E-state index contributed by atoms with van der Waals surface area (Å²) >= 11 is 0. The van der Waals surface area contributed by atoms with E-state index in [1.807, 2.05) is 0 Å². The van der Waals surface area contributed by atoms with Crippen molar-refractivity contribution < 1.29 is 0 Å². The highest BCUT2D eigenvalue weighted by atomic mass is 15.3. The number of rotatable bonds is 22. The van der Waals surface area contributed by atoms with Crippen molar-refractivity contribution in [1.82, 2.24) is 9.80 Å². The highest BCUT2D eigenvalue weighted by molar-refractivity contribution is 4.99. The molecule has 0 saturated carbocycles. The van der Waals surface area contributed by atoms with Crippen LogP contribution in [0, 0.1) is 0 Å². The minimum Gasteiger partial charge on any atom is -0.359 e. The van der Waals surface area contributed by atoms with E-state index in [9.17, 15) is 0 Å². The van der Waals surface area contributed by atoms with Gasteiger partial charge >= 0.3 is 0 Å². The summed E-state index contributed by atoms with van der Waals surface area (Å²) in [7, 11) is 0. The van der Waals surface area contributed by atoms with Crippen LogP contribution >= 0.6 is 0 Å². The second-order valence-electron chi connectivity index (χ2n) is 8.86. The van der Waals surface area contributed by atoms with Gasteiger partial charge in [0.1, 0.15) is 0 Å². The molecule has 2 nitrogen and oxygen atoms in total. The summed E-state index contributed by atoms with van der Waals surface area (Å²) in [5, 5.41) is 0. The second kappa shape index (κ2) is 22.0. The number of allylic oxidation sites excluding steroid dienone is 1. The van der Waals surface area contributed by atoms with Gasteiger partial charge in [0.05, 0.1) is 5.82 Å². The van der Waals surface area contributed by atoms with Crippen LogP contribution in [-0.4, -0.2) is 36.0 Å². The highest BCUT2D eigenvalue weighted by Crippen LogP contribution is 2.18. The first kappa shape index (κ1) is 28.3. The smallest absolute Gasteiger partial charge is 0.0995 e. The molecule has 0 spiro atoms. The maximum atomic E-state index is 2.74. The summed E-state index contributed by atoms with van der Waals surface area (Å²) in [6, 6.07) is 0. The van der Waals surface area contributed by atoms with Crippen LogP contribution in [0.2, 0.25) is 0 Å². The van der Waals surface area contributed by atoms with Crippen molar-refractivity contribution in [2.45, 2.75) is 137 Å². The van der Waals surface area contributed by atoms with E-state index in [0.29, 0.717) is 0 Å². The molecule has 0 amide bonds. The Morgan fingerprint density at radius 2 is 0.724 bits per heavy atom. The zero-order chi connectivity index (χ0) is 21.6. The van der Waals surface area contributed by atoms with Crippen LogP contribution in [0.4, 0.5) is 0 Å². The number of unbranched alkanes of at least 4 members (excludes halogenated alkanes) is 12. The molecule has 0 aromatic carbocycles. The van der Waals surface area contributed by atoms with Gasteiger partial charge in [-0.25, -0.2) is 0 Å². The van der Waals surface area contributed by atoms with Gasteiger partial charge in [-0.3, -0.25) is 0 Å². The first-order valence-electron chi connectivity index (χ1n) is 13.4.